The van der Waals surface area contributed by atoms with Gasteiger partial charge in [0, 0.05) is 25.8 Å². The summed E-state index contributed by atoms with van der Waals surface area (Å²) in [4.78, 5) is 14.7. The minimum atomic E-state index is -0.114. The zero-order valence-corrected chi connectivity index (χ0v) is 19.2. The summed E-state index contributed by atoms with van der Waals surface area (Å²) in [5, 5.41) is 0. The number of carbonyl (C=O) groups excluding carboxylic acids is 1. The first kappa shape index (κ1) is 24.8. The number of benzene rings is 1. The average Bonchev–Trinajstić information content (AvgIpc) is 2.75. The van der Waals surface area contributed by atoms with Gasteiger partial charge in [-0.05, 0) is 38.2 Å². The van der Waals surface area contributed by atoms with Crippen LogP contribution in [0.4, 0.5) is 0 Å². The monoisotopic (exact) mass is 419 g/mol. The van der Waals surface area contributed by atoms with E-state index >= 15 is 0 Å². The van der Waals surface area contributed by atoms with Gasteiger partial charge in [0.05, 0.1) is 31.8 Å². The maximum Gasteiger partial charge on any atom is 0.307 e. The van der Waals surface area contributed by atoms with E-state index in [4.69, 9.17) is 14.2 Å². The van der Waals surface area contributed by atoms with Crippen molar-refractivity contribution in [1.82, 2.24) is 4.90 Å². The molecule has 5 nitrogen and oxygen atoms in total. The molecule has 170 valence electrons. The molecule has 0 aliphatic carbocycles. The van der Waals surface area contributed by atoms with E-state index in [0.717, 1.165) is 58.3 Å². The summed E-state index contributed by atoms with van der Waals surface area (Å²) in [7, 11) is 0. The van der Waals surface area contributed by atoms with Crippen LogP contribution in [0.25, 0.3) is 0 Å². The minimum absolute atomic E-state index is 0.114. The van der Waals surface area contributed by atoms with Crippen LogP contribution < -0.4 is 0 Å². The van der Waals surface area contributed by atoms with E-state index in [1.54, 1.807) is 0 Å². The fraction of sp³-hybridized carbons (Fsp3) is 0.720. The number of nitrogens with zero attached hydrogens (tertiary/aromatic N) is 1. The van der Waals surface area contributed by atoms with E-state index in [0.29, 0.717) is 19.6 Å². The quantitative estimate of drug-likeness (QED) is 0.315. The van der Waals surface area contributed by atoms with E-state index in [-0.39, 0.29) is 24.2 Å². The molecule has 1 aromatic carbocycles. The lowest BCUT2D eigenvalue weighted by Gasteiger charge is -2.46. The van der Waals surface area contributed by atoms with Gasteiger partial charge in [-0.15, -0.1) is 0 Å². The molecule has 1 aromatic rings. The third kappa shape index (κ3) is 8.37. The smallest absolute Gasteiger partial charge is 0.307 e. The topological polar surface area (TPSA) is 48.0 Å². The molecule has 0 spiro atoms. The van der Waals surface area contributed by atoms with Gasteiger partial charge >= 0.3 is 5.97 Å². The molecule has 30 heavy (non-hydrogen) atoms. The molecule has 0 aromatic heterocycles. The number of piperidine rings is 1. The first-order valence-corrected chi connectivity index (χ1v) is 11.8. The Morgan fingerprint density at radius 3 is 2.47 bits per heavy atom. The summed E-state index contributed by atoms with van der Waals surface area (Å²) in [5.41, 5.74) is 1.25. The fourth-order valence-corrected chi connectivity index (χ4v) is 4.10. The molecular weight excluding hydrogens is 378 g/mol. The van der Waals surface area contributed by atoms with Crippen molar-refractivity contribution in [3.8, 4) is 0 Å². The lowest BCUT2D eigenvalue weighted by atomic mass is 9.90. The Hall–Kier alpha value is -1.43. The molecule has 0 bridgehead atoms. The zero-order valence-electron chi connectivity index (χ0n) is 19.2. The molecule has 3 unspecified atom stereocenters. The summed E-state index contributed by atoms with van der Waals surface area (Å²) in [6.45, 7) is 9.65. The normalized spacial score (nSPS) is 22.2. The maximum absolute atomic E-state index is 12.3. The summed E-state index contributed by atoms with van der Waals surface area (Å²) in [6.07, 6.45) is 6.86. The molecule has 0 amide bonds. The van der Waals surface area contributed by atoms with Crippen LogP contribution in [0, 0.1) is 0 Å². The van der Waals surface area contributed by atoms with E-state index < -0.39 is 0 Å². The first-order chi connectivity index (χ1) is 14.7. The molecule has 5 heteroatoms. The number of rotatable bonds is 14. The van der Waals surface area contributed by atoms with E-state index in [2.05, 4.69) is 43.0 Å². The Balaban J connectivity index is 2.17. The molecule has 0 saturated carbocycles. The summed E-state index contributed by atoms with van der Waals surface area (Å²) >= 11 is 0. The minimum Gasteiger partial charge on any atom is -0.466 e. The van der Waals surface area contributed by atoms with E-state index in [1.165, 1.54) is 5.56 Å². The van der Waals surface area contributed by atoms with Gasteiger partial charge in [0.15, 0.2) is 0 Å². The molecule has 1 fully saturated rings. The Morgan fingerprint density at radius 2 is 1.77 bits per heavy atom. The highest BCUT2D eigenvalue weighted by Crippen LogP contribution is 2.30. The van der Waals surface area contributed by atoms with Crippen LogP contribution in [0.5, 0.6) is 0 Å². The lowest BCUT2D eigenvalue weighted by molar-refractivity contribution is -0.148. The van der Waals surface area contributed by atoms with Crippen LogP contribution in [-0.2, 0) is 25.5 Å². The van der Waals surface area contributed by atoms with Crippen LogP contribution in [0.3, 0.4) is 0 Å². The SMILES string of the molecule is CCCCOCC1C(OCCCC)CCC(CC(=O)OCC)N1Cc1ccccc1. The van der Waals surface area contributed by atoms with Crippen LogP contribution in [-0.4, -0.2) is 55.5 Å². The Kier molecular flexibility index (Phi) is 12.0. The van der Waals surface area contributed by atoms with Gasteiger partial charge in [-0.1, -0.05) is 57.0 Å². The summed E-state index contributed by atoms with van der Waals surface area (Å²) in [6, 6.07) is 10.8. The van der Waals surface area contributed by atoms with Crippen molar-refractivity contribution >= 4 is 5.97 Å². The Labute approximate surface area is 183 Å². The number of carbonyl (C=O) groups is 1. The average molecular weight is 420 g/mol. The molecule has 1 aliphatic heterocycles. The summed E-state index contributed by atoms with van der Waals surface area (Å²) in [5.74, 6) is -0.114. The number of ether oxygens (including phenoxy) is 3. The molecule has 0 radical (unpaired) electrons. The number of hydrogen-bond acceptors (Lipinski definition) is 5. The van der Waals surface area contributed by atoms with Crippen molar-refractivity contribution in [2.75, 3.05) is 26.4 Å². The van der Waals surface area contributed by atoms with Gasteiger partial charge in [-0.25, -0.2) is 0 Å². The summed E-state index contributed by atoms with van der Waals surface area (Å²) < 4.78 is 17.7. The predicted molar refractivity (Wildman–Crippen MR) is 120 cm³/mol. The molecular formula is C25H41NO4. The molecule has 1 aliphatic rings. The maximum atomic E-state index is 12.3. The fourth-order valence-electron chi connectivity index (χ4n) is 4.10. The van der Waals surface area contributed by atoms with Gasteiger partial charge in [-0.3, -0.25) is 9.69 Å². The predicted octanol–water partition coefficient (Wildman–Crippen LogP) is 4.97. The largest absolute Gasteiger partial charge is 0.466 e. The van der Waals surface area contributed by atoms with Crippen molar-refractivity contribution < 1.29 is 19.0 Å². The van der Waals surface area contributed by atoms with Crippen LogP contribution in [0.2, 0.25) is 0 Å². The molecule has 3 atom stereocenters. The Morgan fingerprint density at radius 1 is 1.03 bits per heavy atom. The Bertz CT molecular complexity index is 580. The highest BCUT2D eigenvalue weighted by atomic mass is 16.5. The second-order valence-electron chi connectivity index (χ2n) is 8.16. The van der Waals surface area contributed by atoms with Crippen molar-refractivity contribution in [2.24, 2.45) is 0 Å². The van der Waals surface area contributed by atoms with Gasteiger partial charge in [0.25, 0.3) is 0 Å². The van der Waals surface area contributed by atoms with Gasteiger partial charge in [0.1, 0.15) is 0 Å². The van der Waals surface area contributed by atoms with Crippen molar-refractivity contribution in [1.29, 1.82) is 0 Å². The number of likely N-dealkylation sites (tertiary alicyclic amines) is 1. The lowest BCUT2D eigenvalue weighted by Crippen LogP contribution is -2.56. The van der Waals surface area contributed by atoms with E-state index in [1.807, 2.05) is 13.0 Å². The van der Waals surface area contributed by atoms with Crippen LogP contribution in [0.1, 0.15) is 71.3 Å². The second kappa shape index (κ2) is 14.6. The second-order valence-corrected chi connectivity index (χ2v) is 8.16. The van der Waals surface area contributed by atoms with Gasteiger partial charge < -0.3 is 14.2 Å². The molecule has 1 heterocycles. The van der Waals surface area contributed by atoms with E-state index in [9.17, 15) is 4.79 Å². The zero-order chi connectivity index (χ0) is 21.6. The van der Waals surface area contributed by atoms with Crippen molar-refractivity contribution in [3.05, 3.63) is 35.9 Å². The van der Waals surface area contributed by atoms with Crippen LogP contribution in [0.15, 0.2) is 30.3 Å². The third-order valence-electron chi connectivity index (χ3n) is 5.78. The number of esters is 1. The highest BCUT2D eigenvalue weighted by molar-refractivity contribution is 5.70. The van der Waals surface area contributed by atoms with Crippen molar-refractivity contribution in [2.45, 2.75) is 90.4 Å². The molecule has 0 N–H and O–H groups in total. The third-order valence-corrected chi connectivity index (χ3v) is 5.78. The first-order valence-electron chi connectivity index (χ1n) is 11.8. The van der Waals surface area contributed by atoms with Crippen molar-refractivity contribution in [3.63, 3.8) is 0 Å². The molecule has 1 saturated heterocycles. The standard InChI is InChI=1S/C25H41NO4/c1-4-7-16-28-20-23-24(30-17-8-5-2)15-14-22(18-25(27)29-6-3)26(23)19-21-12-10-9-11-13-21/h9-13,22-24H,4-8,14-20H2,1-3H3. The van der Waals surface area contributed by atoms with Gasteiger partial charge in [-0.2, -0.15) is 0 Å². The number of hydrogen-bond donors (Lipinski definition) is 0. The van der Waals surface area contributed by atoms with Gasteiger partial charge in [0.2, 0.25) is 0 Å². The highest BCUT2D eigenvalue weighted by Gasteiger charge is 2.39. The molecule has 2 rings (SSSR count). The van der Waals surface area contributed by atoms with Crippen LogP contribution >= 0.6 is 0 Å². The number of unbranched alkanes of at least 4 members (excludes halogenated alkanes) is 2.